The molecule has 0 unspecified atom stereocenters. The van der Waals surface area contributed by atoms with Crippen molar-refractivity contribution in [3.8, 4) is 5.75 Å². The average Bonchev–Trinajstić information content (AvgIpc) is 2.89. The number of hydrogen-bond donors (Lipinski definition) is 1. The quantitative estimate of drug-likeness (QED) is 0.828. The zero-order valence-corrected chi connectivity index (χ0v) is 10.9. The predicted octanol–water partition coefficient (Wildman–Crippen LogP) is 1.91. The maximum absolute atomic E-state index is 11.4. The van der Waals surface area contributed by atoms with Gasteiger partial charge in [-0.25, -0.2) is 4.79 Å². The van der Waals surface area contributed by atoms with Crippen LogP contribution in [0.1, 0.15) is 28.8 Å². The molecule has 1 aromatic carbocycles. The maximum atomic E-state index is 11.4. The van der Waals surface area contributed by atoms with Gasteiger partial charge in [-0.1, -0.05) is 0 Å². The van der Waals surface area contributed by atoms with E-state index in [1.54, 1.807) is 12.1 Å². The van der Waals surface area contributed by atoms with E-state index in [-0.39, 0.29) is 5.97 Å². The minimum absolute atomic E-state index is 0.317. The second kappa shape index (κ2) is 5.87. The van der Waals surface area contributed by atoms with Gasteiger partial charge in [0.25, 0.3) is 0 Å². The van der Waals surface area contributed by atoms with Gasteiger partial charge >= 0.3 is 5.97 Å². The molecule has 18 heavy (non-hydrogen) atoms. The van der Waals surface area contributed by atoms with Gasteiger partial charge in [-0.3, -0.25) is 0 Å². The summed E-state index contributed by atoms with van der Waals surface area (Å²) in [5, 5.41) is 3.39. The summed E-state index contributed by atoms with van der Waals surface area (Å²) in [5.41, 5.74) is 1.51. The lowest BCUT2D eigenvalue weighted by Crippen LogP contribution is -2.28. The molecule has 0 saturated carbocycles. The summed E-state index contributed by atoms with van der Waals surface area (Å²) < 4.78 is 10.5. The summed E-state index contributed by atoms with van der Waals surface area (Å²) in [4.78, 5) is 11.4. The first-order chi connectivity index (χ1) is 8.70. The average molecular weight is 249 g/mol. The van der Waals surface area contributed by atoms with Crippen molar-refractivity contribution in [3.05, 3.63) is 29.3 Å². The molecule has 0 amide bonds. The van der Waals surface area contributed by atoms with Crippen LogP contribution in [0.3, 0.4) is 0 Å². The Balaban J connectivity index is 1.98. The molecule has 0 aromatic heterocycles. The summed E-state index contributed by atoms with van der Waals surface area (Å²) in [6.45, 7) is 3.69. The number of benzene rings is 1. The highest BCUT2D eigenvalue weighted by Gasteiger charge is 2.15. The van der Waals surface area contributed by atoms with E-state index in [1.165, 1.54) is 20.0 Å². The van der Waals surface area contributed by atoms with Gasteiger partial charge in [-0.15, -0.1) is 0 Å². The van der Waals surface area contributed by atoms with Crippen LogP contribution in [-0.2, 0) is 4.74 Å². The highest BCUT2D eigenvalue weighted by atomic mass is 16.5. The third kappa shape index (κ3) is 3.01. The number of aryl methyl sites for hydroxylation is 1. The van der Waals surface area contributed by atoms with Crippen molar-refractivity contribution in [3.63, 3.8) is 0 Å². The fourth-order valence-electron chi connectivity index (χ4n) is 2.15. The first kappa shape index (κ1) is 12.9. The minimum Gasteiger partial charge on any atom is -0.492 e. The lowest BCUT2D eigenvalue weighted by Gasteiger charge is -2.14. The van der Waals surface area contributed by atoms with E-state index >= 15 is 0 Å². The van der Waals surface area contributed by atoms with E-state index in [2.05, 4.69) is 10.1 Å². The number of carbonyl (C=O) groups is 1. The van der Waals surface area contributed by atoms with Crippen LogP contribution in [-0.4, -0.2) is 32.3 Å². The Morgan fingerprint density at radius 2 is 2.33 bits per heavy atom. The summed E-state index contributed by atoms with van der Waals surface area (Å²) in [6, 6.07) is 5.81. The van der Waals surface area contributed by atoms with Gasteiger partial charge in [-0.2, -0.15) is 0 Å². The molecule has 1 fully saturated rings. The van der Waals surface area contributed by atoms with Crippen molar-refractivity contribution >= 4 is 5.97 Å². The Morgan fingerprint density at radius 1 is 1.50 bits per heavy atom. The van der Waals surface area contributed by atoms with Gasteiger partial charge in [-0.05, 0) is 50.1 Å². The molecular formula is C14H19NO3. The molecule has 98 valence electrons. The number of hydrogen-bond acceptors (Lipinski definition) is 4. The number of carbonyl (C=O) groups excluding carboxylic acids is 1. The van der Waals surface area contributed by atoms with Crippen molar-refractivity contribution in [2.24, 2.45) is 0 Å². The van der Waals surface area contributed by atoms with Crippen LogP contribution in [0.15, 0.2) is 18.2 Å². The lowest BCUT2D eigenvalue weighted by atomic mass is 10.1. The molecular weight excluding hydrogens is 230 g/mol. The fourth-order valence-corrected chi connectivity index (χ4v) is 2.15. The summed E-state index contributed by atoms with van der Waals surface area (Å²) in [7, 11) is 1.38. The predicted molar refractivity (Wildman–Crippen MR) is 69.0 cm³/mol. The van der Waals surface area contributed by atoms with Crippen LogP contribution in [0.5, 0.6) is 5.75 Å². The molecule has 1 aliphatic rings. The molecule has 4 nitrogen and oxygen atoms in total. The topological polar surface area (TPSA) is 47.6 Å². The maximum Gasteiger partial charge on any atom is 0.337 e. The van der Waals surface area contributed by atoms with E-state index in [1.807, 2.05) is 13.0 Å². The normalized spacial score (nSPS) is 18.7. The molecule has 0 aliphatic carbocycles. The molecule has 1 N–H and O–H groups in total. The van der Waals surface area contributed by atoms with Crippen LogP contribution in [0, 0.1) is 6.92 Å². The SMILES string of the molecule is COC(=O)c1ccc(OC[C@@H]2CCCN2)c(C)c1. The minimum atomic E-state index is -0.317. The molecule has 1 aromatic rings. The van der Waals surface area contributed by atoms with E-state index < -0.39 is 0 Å². The molecule has 1 atom stereocenters. The third-order valence-electron chi connectivity index (χ3n) is 3.20. The van der Waals surface area contributed by atoms with E-state index in [4.69, 9.17) is 4.74 Å². The molecule has 1 saturated heterocycles. The molecule has 4 heteroatoms. The highest BCUT2D eigenvalue weighted by molar-refractivity contribution is 5.89. The van der Waals surface area contributed by atoms with Crippen molar-refractivity contribution < 1.29 is 14.3 Å². The Morgan fingerprint density at radius 3 is 2.94 bits per heavy atom. The summed E-state index contributed by atoms with van der Waals surface area (Å²) in [6.07, 6.45) is 2.38. The van der Waals surface area contributed by atoms with E-state index in [0.717, 1.165) is 17.9 Å². The largest absolute Gasteiger partial charge is 0.492 e. The van der Waals surface area contributed by atoms with Gasteiger partial charge in [0, 0.05) is 6.04 Å². The standard InChI is InChI=1S/C14H19NO3/c1-10-8-11(14(16)17-2)5-6-13(10)18-9-12-4-3-7-15-12/h5-6,8,12,15H,3-4,7,9H2,1-2H3/t12-/m0/s1. The molecule has 1 aliphatic heterocycles. The number of esters is 1. The summed E-state index contributed by atoms with van der Waals surface area (Å²) >= 11 is 0. The molecule has 0 radical (unpaired) electrons. The number of rotatable bonds is 4. The van der Waals surface area contributed by atoms with Crippen LogP contribution in [0.2, 0.25) is 0 Å². The van der Waals surface area contributed by atoms with E-state index in [0.29, 0.717) is 18.2 Å². The molecule has 0 spiro atoms. The third-order valence-corrected chi connectivity index (χ3v) is 3.20. The second-order valence-electron chi connectivity index (χ2n) is 4.58. The van der Waals surface area contributed by atoms with Crippen molar-refractivity contribution in [2.45, 2.75) is 25.8 Å². The van der Waals surface area contributed by atoms with Gasteiger partial charge in [0.1, 0.15) is 12.4 Å². The number of nitrogens with one attached hydrogen (secondary N) is 1. The molecule has 0 bridgehead atoms. The Labute approximate surface area is 107 Å². The zero-order valence-electron chi connectivity index (χ0n) is 10.9. The van der Waals surface area contributed by atoms with Crippen molar-refractivity contribution in [1.82, 2.24) is 5.32 Å². The highest BCUT2D eigenvalue weighted by Crippen LogP contribution is 2.20. The zero-order chi connectivity index (χ0) is 13.0. The first-order valence-corrected chi connectivity index (χ1v) is 6.26. The van der Waals surface area contributed by atoms with Gasteiger partial charge in [0.2, 0.25) is 0 Å². The molecule has 2 rings (SSSR count). The van der Waals surface area contributed by atoms with Crippen molar-refractivity contribution in [2.75, 3.05) is 20.3 Å². The number of ether oxygens (including phenoxy) is 2. The van der Waals surface area contributed by atoms with Crippen LogP contribution in [0.4, 0.5) is 0 Å². The van der Waals surface area contributed by atoms with Crippen LogP contribution >= 0.6 is 0 Å². The lowest BCUT2D eigenvalue weighted by molar-refractivity contribution is 0.0600. The van der Waals surface area contributed by atoms with Crippen LogP contribution in [0.25, 0.3) is 0 Å². The van der Waals surface area contributed by atoms with Gasteiger partial charge < -0.3 is 14.8 Å². The first-order valence-electron chi connectivity index (χ1n) is 6.26. The van der Waals surface area contributed by atoms with Gasteiger partial charge in [0.15, 0.2) is 0 Å². The smallest absolute Gasteiger partial charge is 0.337 e. The second-order valence-corrected chi connectivity index (χ2v) is 4.58. The van der Waals surface area contributed by atoms with Gasteiger partial charge in [0.05, 0.1) is 12.7 Å². The Hall–Kier alpha value is -1.55. The van der Waals surface area contributed by atoms with E-state index in [9.17, 15) is 4.79 Å². The fraction of sp³-hybridized carbons (Fsp3) is 0.500. The van der Waals surface area contributed by atoms with Crippen LogP contribution < -0.4 is 10.1 Å². The number of methoxy groups -OCH3 is 1. The summed E-state index contributed by atoms with van der Waals surface area (Å²) in [5.74, 6) is 0.512. The van der Waals surface area contributed by atoms with Crippen molar-refractivity contribution in [1.29, 1.82) is 0 Å². The Kier molecular flexibility index (Phi) is 4.20. The monoisotopic (exact) mass is 249 g/mol. The molecule has 1 heterocycles. The Bertz CT molecular complexity index is 425.